The summed E-state index contributed by atoms with van der Waals surface area (Å²) in [6.45, 7) is -0.0782. The van der Waals surface area contributed by atoms with Gasteiger partial charge in [0.25, 0.3) is 0 Å². The fourth-order valence-corrected chi connectivity index (χ4v) is 2.83. The van der Waals surface area contributed by atoms with Crippen LogP contribution >= 0.6 is 0 Å². The number of pyridine rings is 1. The molecule has 1 fully saturated rings. The zero-order valence-corrected chi connectivity index (χ0v) is 11.3. The zero-order chi connectivity index (χ0) is 14.1. The van der Waals surface area contributed by atoms with E-state index >= 15 is 0 Å². The van der Waals surface area contributed by atoms with Crippen LogP contribution in [0, 0.1) is 11.3 Å². The van der Waals surface area contributed by atoms with Gasteiger partial charge in [-0.05, 0) is 50.2 Å². The molecule has 0 saturated heterocycles. The highest BCUT2D eigenvalue weighted by Crippen LogP contribution is 2.34. The molecule has 0 aromatic carbocycles. The van der Waals surface area contributed by atoms with E-state index < -0.39 is 5.97 Å². The van der Waals surface area contributed by atoms with Gasteiger partial charge in [-0.1, -0.05) is 0 Å². The van der Waals surface area contributed by atoms with Crippen LogP contribution in [0.4, 0.5) is 5.82 Å². The molecule has 2 aliphatic carbocycles. The molecular weight excluding hydrogens is 254 g/mol. The minimum absolute atomic E-state index is 0.0782. The molecule has 0 amide bonds. The van der Waals surface area contributed by atoms with Crippen molar-refractivity contribution in [3.05, 3.63) is 22.9 Å². The van der Waals surface area contributed by atoms with E-state index in [9.17, 15) is 10.1 Å². The lowest BCUT2D eigenvalue weighted by molar-refractivity contribution is -0.135. The standard InChI is InChI=1S/C15H17N3O2/c16-8-11-7-10-3-1-2-4-13(10)17-15(11)18(9-14(19)20)12-5-6-12/h7,12H,1-6,9H2,(H,19,20). The Bertz CT molecular complexity index is 588. The summed E-state index contributed by atoms with van der Waals surface area (Å²) in [6.07, 6.45) is 6.13. The molecular formula is C15H17N3O2. The molecule has 0 radical (unpaired) electrons. The number of aryl methyl sites for hydroxylation is 2. The molecule has 2 aliphatic rings. The summed E-state index contributed by atoms with van der Waals surface area (Å²) in [5.74, 6) is -0.307. The quantitative estimate of drug-likeness (QED) is 0.904. The number of anilines is 1. The van der Waals surface area contributed by atoms with Gasteiger partial charge in [0.1, 0.15) is 18.4 Å². The van der Waals surface area contributed by atoms with Crippen molar-refractivity contribution in [2.75, 3.05) is 11.4 Å². The van der Waals surface area contributed by atoms with Crippen LogP contribution in [0.25, 0.3) is 0 Å². The van der Waals surface area contributed by atoms with E-state index in [0.29, 0.717) is 11.4 Å². The summed E-state index contributed by atoms with van der Waals surface area (Å²) in [4.78, 5) is 17.5. The molecule has 1 N–H and O–H groups in total. The third-order valence-electron chi connectivity index (χ3n) is 3.97. The largest absolute Gasteiger partial charge is 0.480 e. The number of aromatic nitrogens is 1. The molecule has 1 heterocycles. The van der Waals surface area contributed by atoms with Crippen LogP contribution in [0.3, 0.4) is 0 Å². The Morgan fingerprint density at radius 3 is 2.85 bits per heavy atom. The topological polar surface area (TPSA) is 77.2 Å². The second-order valence-corrected chi connectivity index (χ2v) is 5.54. The first-order valence-corrected chi connectivity index (χ1v) is 7.10. The van der Waals surface area contributed by atoms with Crippen molar-refractivity contribution in [1.29, 1.82) is 5.26 Å². The molecule has 1 aromatic rings. The number of fused-ring (bicyclic) bond motifs is 1. The minimum Gasteiger partial charge on any atom is -0.480 e. The molecule has 0 atom stereocenters. The van der Waals surface area contributed by atoms with E-state index in [1.54, 1.807) is 4.90 Å². The van der Waals surface area contributed by atoms with Crippen molar-refractivity contribution in [1.82, 2.24) is 4.98 Å². The maximum absolute atomic E-state index is 11.1. The van der Waals surface area contributed by atoms with Gasteiger partial charge in [0.05, 0.1) is 5.56 Å². The molecule has 20 heavy (non-hydrogen) atoms. The fourth-order valence-electron chi connectivity index (χ4n) is 2.83. The highest BCUT2D eigenvalue weighted by molar-refractivity contribution is 5.75. The molecule has 1 aromatic heterocycles. The number of rotatable bonds is 4. The van der Waals surface area contributed by atoms with E-state index in [1.165, 1.54) is 0 Å². The predicted octanol–water partition coefficient (Wildman–Crippen LogP) is 1.89. The smallest absolute Gasteiger partial charge is 0.323 e. The third kappa shape index (κ3) is 2.46. The van der Waals surface area contributed by atoms with Crippen molar-refractivity contribution >= 4 is 11.8 Å². The van der Waals surface area contributed by atoms with E-state index in [1.807, 2.05) is 6.07 Å². The molecule has 104 valence electrons. The van der Waals surface area contributed by atoms with Gasteiger partial charge in [-0.3, -0.25) is 4.79 Å². The Labute approximate surface area is 117 Å². The Balaban J connectivity index is 2.01. The number of nitriles is 1. The molecule has 0 bridgehead atoms. The second-order valence-electron chi connectivity index (χ2n) is 5.54. The summed E-state index contributed by atoms with van der Waals surface area (Å²) < 4.78 is 0. The van der Waals surface area contributed by atoms with Crippen molar-refractivity contribution < 1.29 is 9.90 Å². The zero-order valence-electron chi connectivity index (χ0n) is 11.3. The van der Waals surface area contributed by atoms with Crippen molar-refractivity contribution in [3.8, 4) is 6.07 Å². The number of carboxylic acids is 1. The van der Waals surface area contributed by atoms with Gasteiger partial charge >= 0.3 is 5.97 Å². The van der Waals surface area contributed by atoms with Gasteiger partial charge in [0.15, 0.2) is 0 Å². The maximum Gasteiger partial charge on any atom is 0.323 e. The van der Waals surface area contributed by atoms with Crippen LogP contribution in [-0.4, -0.2) is 28.6 Å². The van der Waals surface area contributed by atoms with Crippen molar-refractivity contribution in [3.63, 3.8) is 0 Å². The highest BCUT2D eigenvalue weighted by Gasteiger charge is 2.33. The van der Waals surface area contributed by atoms with Gasteiger partial charge < -0.3 is 10.0 Å². The number of aliphatic carboxylic acids is 1. The lowest BCUT2D eigenvalue weighted by Crippen LogP contribution is -2.33. The number of carboxylic acid groups (broad SMARTS) is 1. The highest BCUT2D eigenvalue weighted by atomic mass is 16.4. The van der Waals surface area contributed by atoms with Crippen LogP contribution in [0.2, 0.25) is 0 Å². The van der Waals surface area contributed by atoms with E-state index in [-0.39, 0.29) is 12.6 Å². The van der Waals surface area contributed by atoms with Gasteiger partial charge in [0, 0.05) is 11.7 Å². The molecule has 5 heteroatoms. The Morgan fingerprint density at radius 2 is 2.20 bits per heavy atom. The van der Waals surface area contributed by atoms with Crippen molar-refractivity contribution in [2.24, 2.45) is 0 Å². The number of carbonyl (C=O) groups is 1. The summed E-state index contributed by atoms with van der Waals surface area (Å²) in [5.41, 5.74) is 2.71. The maximum atomic E-state index is 11.1. The van der Waals surface area contributed by atoms with Gasteiger partial charge in [0.2, 0.25) is 0 Å². The molecule has 5 nitrogen and oxygen atoms in total. The average Bonchev–Trinajstić information content (AvgIpc) is 3.27. The summed E-state index contributed by atoms with van der Waals surface area (Å²) in [7, 11) is 0. The number of nitrogens with zero attached hydrogens (tertiary/aromatic N) is 3. The van der Waals surface area contributed by atoms with Gasteiger partial charge in [-0.2, -0.15) is 5.26 Å². The second kappa shape index (κ2) is 5.12. The molecule has 1 saturated carbocycles. The first kappa shape index (κ1) is 12.9. The number of hydrogen-bond donors (Lipinski definition) is 1. The molecule has 0 unspecified atom stereocenters. The fraction of sp³-hybridized carbons (Fsp3) is 0.533. The Hall–Kier alpha value is -2.09. The van der Waals surface area contributed by atoms with Gasteiger partial charge in [-0.25, -0.2) is 4.98 Å². The summed E-state index contributed by atoms with van der Waals surface area (Å²) in [6, 6.07) is 4.32. The van der Waals surface area contributed by atoms with Crippen LogP contribution in [-0.2, 0) is 17.6 Å². The first-order valence-electron chi connectivity index (χ1n) is 7.10. The van der Waals surface area contributed by atoms with Gasteiger partial charge in [-0.15, -0.1) is 0 Å². The summed E-state index contributed by atoms with van der Waals surface area (Å²) in [5, 5.41) is 18.4. The minimum atomic E-state index is -0.875. The van der Waals surface area contributed by atoms with Crippen molar-refractivity contribution in [2.45, 2.75) is 44.6 Å². The lowest BCUT2D eigenvalue weighted by Gasteiger charge is -2.25. The predicted molar refractivity (Wildman–Crippen MR) is 73.6 cm³/mol. The normalized spacial score (nSPS) is 17.1. The number of hydrogen-bond acceptors (Lipinski definition) is 4. The van der Waals surface area contributed by atoms with E-state index in [2.05, 4.69) is 11.1 Å². The van der Waals surface area contributed by atoms with E-state index in [0.717, 1.165) is 49.8 Å². The summed E-state index contributed by atoms with van der Waals surface area (Å²) >= 11 is 0. The van der Waals surface area contributed by atoms with Crippen LogP contribution < -0.4 is 4.90 Å². The SMILES string of the molecule is N#Cc1cc2c(nc1N(CC(=O)O)C1CC1)CCCC2. The molecule has 3 rings (SSSR count). The van der Waals surface area contributed by atoms with Crippen LogP contribution in [0.5, 0.6) is 0 Å². The monoisotopic (exact) mass is 271 g/mol. The van der Waals surface area contributed by atoms with Crippen LogP contribution in [0.15, 0.2) is 6.07 Å². The lowest BCUT2D eigenvalue weighted by atomic mass is 9.95. The van der Waals surface area contributed by atoms with E-state index in [4.69, 9.17) is 5.11 Å². The molecule has 0 aliphatic heterocycles. The Kier molecular flexibility index (Phi) is 3.31. The van der Waals surface area contributed by atoms with Crippen LogP contribution in [0.1, 0.15) is 42.5 Å². The third-order valence-corrected chi connectivity index (χ3v) is 3.97. The molecule has 0 spiro atoms. The average molecular weight is 271 g/mol. The Morgan fingerprint density at radius 1 is 1.45 bits per heavy atom. The first-order chi connectivity index (χ1) is 9.69.